The molecule has 4 unspecified atom stereocenters. The van der Waals surface area contributed by atoms with Crippen molar-refractivity contribution < 1.29 is 23.1 Å². The van der Waals surface area contributed by atoms with E-state index in [1.54, 1.807) is 24.3 Å². The fraction of sp³-hybridized carbons (Fsp3) is 0.278. The molecule has 5 nitrogen and oxygen atoms in total. The van der Waals surface area contributed by atoms with Crippen molar-refractivity contribution in [2.45, 2.75) is 51.1 Å². The molecule has 5 rings (SSSR count). The Balaban J connectivity index is 1.51. The molecule has 4 aromatic rings. The molecule has 0 radical (unpaired) electrons. The summed E-state index contributed by atoms with van der Waals surface area (Å²) in [6, 6.07) is 27.6. The molecule has 1 heterocycles. The van der Waals surface area contributed by atoms with Gasteiger partial charge < -0.3 is 10.1 Å². The van der Waals surface area contributed by atoms with Crippen molar-refractivity contribution in [1.29, 1.82) is 0 Å². The zero-order valence-corrected chi connectivity index (χ0v) is 26.3. The number of nitrogens with zero attached hydrogens (tertiary/aromatic N) is 1. The lowest BCUT2D eigenvalue weighted by Crippen LogP contribution is -2.46. The van der Waals surface area contributed by atoms with Crippen molar-refractivity contribution >= 4 is 33.6 Å². The van der Waals surface area contributed by atoms with E-state index in [1.165, 1.54) is 23.1 Å². The van der Waals surface area contributed by atoms with Crippen LogP contribution in [0.1, 0.15) is 54.0 Å². The van der Waals surface area contributed by atoms with Gasteiger partial charge in [-0.15, -0.1) is 0 Å². The summed E-state index contributed by atoms with van der Waals surface area (Å²) in [7, 11) is 0. The van der Waals surface area contributed by atoms with Crippen molar-refractivity contribution in [1.82, 2.24) is 4.90 Å². The van der Waals surface area contributed by atoms with E-state index < -0.39 is 29.9 Å². The van der Waals surface area contributed by atoms with Crippen LogP contribution in [0.5, 0.6) is 0 Å². The zero-order valence-electron chi connectivity index (χ0n) is 24.7. The van der Waals surface area contributed by atoms with E-state index >= 15 is 0 Å². The second-order valence-electron chi connectivity index (χ2n) is 11.4. The Labute approximate surface area is 265 Å². The topological polar surface area (TPSA) is 58.6 Å². The van der Waals surface area contributed by atoms with Gasteiger partial charge in [0, 0.05) is 5.69 Å². The number of hydrogen-bond acceptors (Lipinski definition) is 4. The highest BCUT2D eigenvalue weighted by atomic mass is 79.9. The first-order chi connectivity index (χ1) is 21.2. The van der Waals surface area contributed by atoms with E-state index in [4.69, 9.17) is 4.74 Å². The van der Waals surface area contributed by atoms with Gasteiger partial charge in [-0.1, -0.05) is 79.2 Å². The SMILES string of the molecule is Cc1ccc(C(Nc2ccc(F)c(Br)c2)C(CCC(C)c2ccc(F)cc2)C(=O)N2C(=O)OCC2Cc2ccccc2)cc1. The van der Waals surface area contributed by atoms with Crippen molar-refractivity contribution in [3.05, 3.63) is 135 Å². The number of imide groups is 1. The van der Waals surface area contributed by atoms with Gasteiger partial charge >= 0.3 is 6.09 Å². The molecule has 0 spiro atoms. The summed E-state index contributed by atoms with van der Waals surface area (Å²) in [5.74, 6) is -1.70. The minimum atomic E-state index is -0.687. The standard InChI is InChI=1S/C36H35BrF2N2O3/c1-23-8-11-27(12-9-23)34(40-29-17-19-33(39)32(37)21-29)31(18-10-24(2)26-13-15-28(38)16-14-26)35(42)41-30(22-44-36(41)43)20-25-6-4-3-5-7-25/h3-9,11-17,19,21,24,30-31,34,40H,10,18,20,22H2,1-2H3. The van der Waals surface area contributed by atoms with Crippen LogP contribution in [0.25, 0.3) is 0 Å². The first kappa shape index (κ1) is 31.4. The quantitative estimate of drug-likeness (QED) is 0.174. The van der Waals surface area contributed by atoms with Gasteiger partial charge in [-0.2, -0.15) is 0 Å². The van der Waals surface area contributed by atoms with Crippen molar-refractivity contribution in [2.75, 3.05) is 11.9 Å². The Morgan fingerprint density at radius 2 is 1.64 bits per heavy atom. The van der Waals surface area contributed by atoms with Crippen molar-refractivity contribution in [3.63, 3.8) is 0 Å². The van der Waals surface area contributed by atoms with E-state index in [0.29, 0.717) is 29.4 Å². The van der Waals surface area contributed by atoms with E-state index in [2.05, 4.69) is 21.2 Å². The molecule has 228 valence electrons. The number of carbonyl (C=O) groups excluding carboxylic acids is 2. The van der Waals surface area contributed by atoms with Crippen LogP contribution in [0.2, 0.25) is 0 Å². The van der Waals surface area contributed by atoms with Crippen LogP contribution >= 0.6 is 15.9 Å². The second-order valence-corrected chi connectivity index (χ2v) is 12.3. The van der Waals surface area contributed by atoms with Gasteiger partial charge in [0.1, 0.15) is 18.2 Å². The molecule has 0 aliphatic carbocycles. The van der Waals surface area contributed by atoms with Gasteiger partial charge in [-0.25, -0.2) is 18.5 Å². The summed E-state index contributed by atoms with van der Waals surface area (Å²) in [5, 5.41) is 3.49. The predicted molar refractivity (Wildman–Crippen MR) is 171 cm³/mol. The van der Waals surface area contributed by atoms with Gasteiger partial charge in [0.2, 0.25) is 5.91 Å². The molecule has 44 heavy (non-hydrogen) atoms. The Morgan fingerprint density at radius 3 is 2.32 bits per heavy atom. The molecule has 4 aromatic carbocycles. The predicted octanol–water partition coefficient (Wildman–Crippen LogP) is 8.98. The summed E-state index contributed by atoms with van der Waals surface area (Å²) in [6.45, 7) is 4.15. The molecule has 2 amide bonds. The van der Waals surface area contributed by atoms with Crippen LogP contribution in [0.15, 0.2) is 102 Å². The van der Waals surface area contributed by atoms with Gasteiger partial charge in [0.25, 0.3) is 0 Å². The number of cyclic esters (lactones) is 1. The normalized spacial score (nSPS) is 16.7. The van der Waals surface area contributed by atoms with Gasteiger partial charge in [-0.3, -0.25) is 4.79 Å². The smallest absolute Gasteiger partial charge is 0.416 e. The highest BCUT2D eigenvalue weighted by Crippen LogP contribution is 2.36. The van der Waals surface area contributed by atoms with Crippen molar-refractivity contribution in [3.8, 4) is 0 Å². The fourth-order valence-electron chi connectivity index (χ4n) is 5.72. The molecule has 0 saturated carbocycles. The maximum atomic E-state index is 14.6. The summed E-state index contributed by atoms with van der Waals surface area (Å²) in [4.78, 5) is 29.0. The van der Waals surface area contributed by atoms with Crippen LogP contribution in [-0.2, 0) is 16.0 Å². The number of nitrogens with one attached hydrogen (secondary N) is 1. The number of halogens is 3. The highest BCUT2D eigenvalue weighted by molar-refractivity contribution is 9.10. The number of amides is 2. The molecule has 1 fully saturated rings. The number of aryl methyl sites for hydroxylation is 1. The summed E-state index contributed by atoms with van der Waals surface area (Å²) in [5.41, 5.74) is 4.51. The molecule has 4 atom stereocenters. The molecule has 8 heteroatoms. The number of carbonyl (C=O) groups is 2. The van der Waals surface area contributed by atoms with Gasteiger partial charge in [0.15, 0.2) is 0 Å². The first-order valence-electron chi connectivity index (χ1n) is 14.8. The third kappa shape index (κ3) is 7.53. The molecule has 0 aromatic heterocycles. The van der Waals surface area contributed by atoms with Crippen LogP contribution < -0.4 is 5.32 Å². The van der Waals surface area contributed by atoms with Gasteiger partial charge in [-0.05, 0) is 95.1 Å². The van der Waals surface area contributed by atoms with Crippen LogP contribution in [0.4, 0.5) is 19.3 Å². The largest absolute Gasteiger partial charge is 0.447 e. The second kappa shape index (κ2) is 14.2. The third-order valence-corrected chi connectivity index (χ3v) is 8.87. The Kier molecular flexibility index (Phi) is 10.1. The molecule has 1 saturated heterocycles. The average Bonchev–Trinajstić information content (AvgIpc) is 3.38. The van der Waals surface area contributed by atoms with E-state index in [1.807, 2.05) is 68.4 Å². The fourth-order valence-corrected chi connectivity index (χ4v) is 6.10. The molecular formula is C36H35BrF2N2O3. The van der Waals surface area contributed by atoms with Crippen LogP contribution in [0.3, 0.4) is 0 Å². The minimum absolute atomic E-state index is 0.0233. The monoisotopic (exact) mass is 660 g/mol. The lowest BCUT2D eigenvalue weighted by molar-refractivity contribution is -0.134. The van der Waals surface area contributed by atoms with E-state index in [-0.39, 0.29) is 24.2 Å². The summed E-state index contributed by atoms with van der Waals surface area (Å²) >= 11 is 3.27. The number of anilines is 1. The Bertz CT molecular complexity index is 1580. The number of rotatable bonds is 11. The molecule has 0 bridgehead atoms. The molecule has 1 aliphatic rings. The first-order valence-corrected chi connectivity index (χ1v) is 15.6. The average molecular weight is 662 g/mol. The van der Waals surface area contributed by atoms with E-state index in [9.17, 15) is 18.4 Å². The van der Waals surface area contributed by atoms with Crippen molar-refractivity contribution in [2.24, 2.45) is 5.92 Å². The third-order valence-electron chi connectivity index (χ3n) is 8.26. The number of benzene rings is 4. The molecule has 1 N–H and O–H groups in total. The molecular weight excluding hydrogens is 626 g/mol. The maximum absolute atomic E-state index is 14.6. The summed E-state index contributed by atoms with van der Waals surface area (Å²) in [6.07, 6.45) is 0.850. The Morgan fingerprint density at radius 1 is 0.955 bits per heavy atom. The lowest BCUT2D eigenvalue weighted by Gasteiger charge is -2.33. The van der Waals surface area contributed by atoms with Crippen LogP contribution in [-0.4, -0.2) is 29.5 Å². The maximum Gasteiger partial charge on any atom is 0.416 e. The highest BCUT2D eigenvalue weighted by Gasteiger charge is 2.43. The lowest BCUT2D eigenvalue weighted by atomic mass is 9.83. The summed E-state index contributed by atoms with van der Waals surface area (Å²) < 4.78 is 33.5. The number of ether oxygens (including phenoxy) is 1. The minimum Gasteiger partial charge on any atom is -0.447 e. The number of hydrogen-bond donors (Lipinski definition) is 1. The van der Waals surface area contributed by atoms with Gasteiger partial charge in [0.05, 0.1) is 22.5 Å². The molecule has 1 aliphatic heterocycles. The van der Waals surface area contributed by atoms with Crippen LogP contribution in [0, 0.1) is 24.5 Å². The zero-order chi connectivity index (χ0) is 31.2. The Hall–Kier alpha value is -4.04. The van der Waals surface area contributed by atoms with E-state index in [0.717, 1.165) is 22.3 Å².